The highest BCUT2D eigenvalue weighted by Gasteiger charge is 2.36. The Bertz CT molecular complexity index is 659. The Morgan fingerprint density at radius 3 is 2.53 bits per heavy atom. The molecule has 0 bridgehead atoms. The van der Waals surface area contributed by atoms with Gasteiger partial charge in [0.05, 0.1) is 0 Å². The smallest absolute Gasteiger partial charge is 0.309 e. The molecule has 3 rings (SSSR count). The molecule has 2 amide bonds. The highest BCUT2D eigenvalue weighted by Crippen LogP contribution is 2.26. The molecule has 2 aliphatic heterocycles. The van der Waals surface area contributed by atoms with Crippen molar-refractivity contribution in [1.29, 1.82) is 0 Å². The van der Waals surface area contributed by atoms with Crippen molar-refractivity contribution in [2.45, 2.75) is 70.9 Å². The van der Waals surface area contributed by atoms with E-state index in [4.69, 9.17) is 4.74 Å². The second-order valence-corrected chi connectivity index (χ2v) is 9.40. The Morgan fingerprint density at radius 2 is 1.87 bits per heavy atom. The SMILES string of the molecule is CCN1/C(=N/NC(=O)C(=O)[C@H](NC(=O)C2CCCCC2)C2CCOCC2)SC[C@H]1C. The van der Waals surface area contributed by atoms with E-state index in [-0.39, 0.29) is 17.7 Å². The van der Waals surface area contributed by atoms with Crippen LogP contribution in [-0.4, -0.2) is 65.3 Å². The summed E-state index contributed by atoms with van der Waals surface area (Å²) in [5.41, 5.74) is 2.44. The van der Waals surface area contributed by atoms with Crippen molar-refractivity contribution in [2.24, 2.45) is 16.9 Å². The summed E-state index contributed by atoms with van der Waals surface area (Å²) in [6.45, 7) is 6.01. The van der Waals surface area contributed by atoms with Gasteiger partial charge in [0.1, 0.15) is 6.04 Å². The van der Waals surface area contributed by atoms with Crippen LogP contribution in [0.1, 0.15) is 58.8 Å². The zero-order valence-electron chi connectivity index (χ0n) is 18.0. The summed E-state index contributed by atoms with van der Waals surface area (Å²) in [6, 6.07) is -0.475. The van der Waals surface area contributed by atoms with E-state index in [0.29, 0.717) is 32.1 Å². The molecule has 2 atom stereocenters. The van der Waals surface area contributed by atoms with Crippen LogP contribution in [0, 0.1) is 11.8 Å². The molecule has 3 fully saturated rings. The number of amides is 2. The van der Waals surface area contributed by atoms with Gasteiger partial charge in [0.2, 0.25) is 11.7 Å². The third kappa shape index (κ3) is 5.75. The lowest BCUT2D eigenvalue weighted by molar-refractivity contribution is -0.142. The van der Waals surface area contributed by atoms with Gasteiger partial charge in [0.25, 0.3) is 0 Å². The number of hydrogen-bond acceptors (Lipinski definition) is 6. The fourth-order valence-corrected chi connectivity index (χ4v) is 5.63. The molecule has 2 N–H and O–H groups in total. The molecular weight excluding hydrogens is 404 g/mol. The molecule has 9 heteroatoms. The maximum atomic E-state index is 13.0. The minimum absolute atomic E-state index is 0.0633. The standard InChI is InChI=1S/C21H34N4O4S/c1-3-25-14(2)13-30-21(25)24-23-20(28)18(26)17(15-9-11-29-12-10-15)22-19(27)16-7-5-4-6-8-16/h14-17H,3-13H2,1-2H3,(H,22,27)(H,23,28)/b24-21-/t14-,17-/m1/s1. The Hall–Kier alpha value is -1.61. The van der Waals surface area contributed by atoms with E-state index in [1.807, 2.05) is 6.92 Å². The number of ketones is 1. The number of thioether (sulfide) groups is 1. The lowest BCUT2D eigenvalue weighted by atomic mass is 9.85. The van der Waals surface area contributed by atoms with Gasteiger partial charge in [-0.1, -0.05) is 31.0 Å². The molecule has 2 saturated heterocycles. The summed E-state index contributed by atoms with van der Waals surface area (Å²) in [6.07, 6.45) is 6.23. The Labute approximate surface area is 182 Å². The molecule has 30 heavy (non-hydrogen) atoms. The van der Waals surface area contributed by atoms with E-state index in [9.17, 15) is 14.4 Å². The van der Waals surface area contributed by atoms with Gasteiger partial charge in [-0.05, 0) is 45.4 Å². The largest absolute Gasteiger partial charge is 0.381 e. The van der Waals surface area contributed by atoms with Crippen LogP contribution in [0.5, 0.6) is 0 Å². The molecule has 0 aromatic heterocycles. The van der Waals surface area contributed by atoms with E-state index in [1.165, 1.54) is 0 Å². The average molecular weight is 439 g/mol. The number of hydrogen-bond donors (Lipinski definition) is 2. The van der Waals surface area contributed by atoms with Crippen molar-refractivity contribution in [3.05, 3.63) is 0 Å². The van der Waals surface area contributed by atoms with Crippen molar-refractivity contribution in [3.8, 4) is 0 Å². The molecule has 0 radical (unpaired) electrons. The third-order valence-corrected chi connectivity index (χ3v) is 7.58. The minimum atomic E-state index is -0.819. The van der Waals surface area contributed by atoms with Crippen LogP contribution in [0.25, 0.3) is 0 Å². The molecule has 1 saturated carbocycles. The maximum Gasteiger partial charge on any atom is 0.309 e. The number of nitrogens with one attached hydrogen (secondary N) is 2. The van der Waals surface area contributed by atoms with Crippen molar-refractivity contribution >= 4 is 34.5 Å². The fraction of sp³-hybridized carbons (Fsp3) is 0.810. The van der Waals surface area contributed by atoms with Gasteiger partial charge >= 0.3 is 5.91 Å². The van der Waals surface area contributed by atoms with E-state index < -0.39 is 17.7 Å². The fourth-order valence-electron chi connectivity index (χ4n) is 4.48. The van der Waals surface area contributed by atoms with Crippen LogP contribution in [-0.2, 0) is 19.1 Å². The predicted octanol–water partition coefficient (Wildman–Crippen LogP) is 1.89. The number of ether oxygens (including phenoxy) is 1. The summed E-state index contributed by atoms with van der Waals surface area (Å²) >= 11 is 1.57. The van der Waals surface area contributed by atoms with E-state index in [1.54, 1.807) is 11.8 Å². The van der Waals surface area contributed by atoms with Gasteiger partial charge in [0, 0.05) is 37.5 Å². The minimum Gasteiger partial charge on any atom is -0.381 e. The van der Waals surface area contributed by atoms with Crippen molar-refractivity contribution in [1.82, 2.24) is 15.6 Å². The summed E-state index contributed by atoms with van der Waals surface area (Å²) in [5.74, 6) is -0.736. The van der Waals surface area contributed by atoms with E-state index in [2.05, 4.69) is 27.7 Å². The zero-order valence-corrected chi connectivity index (χ0v) is 18.8. The third-order valence-electron chi connectivity index (χ3n) is 6.34. The lowest BCUT2D eigenvalue weighted by Gasteiger charge is -2.31. The van der Waals surface area contributed by atoms with Crippen molar-refractivity contribution in [3.63, 3.8) is 0 Å². The number of nitrogens with zero attached hydrogens (tertiary/aromatic N) is 2. The van der Waals surface area contributed by atoms with Crippen LogP contribution >= 0.6 is 11.8 Å². The molecule has 2 heterocycles. The van der Waals surface area contributed by atoms with Crippen molar-refractivity contribution < 1.29 is 19.1 Å². The van der Waals surface area contributed by atoms with Gasteiger partial charge in [-0.25, -0.2) is 5.43 Å². The molecule has 0 spiro atoms. The number of Topliss-reactive ketones (excluding diaryl/α,β-unsaturated/α-hetero) is 1. The van der Waals surface area contributed by atoms with Crippen LogP contribution in [0.2, 0.25) is 0 Å². The summed E-state index contributed by atoms with van der Waals surface area (Å²) in [7, 11) is 0. The molecule has 0 aromatic carbocycles. The first-order valence-electron chi connectivity index (χ1n) is 11.2. The van der Waals surface area contributed by atoms with Gasteiger partial charge in [-0.2, -0.15) is 0 Å². The predicted molar refractivity (Wildman–Crippen MR) is 117 cm³/mol. The molecule has 8 nitrogen and oxygen atoms in total. The number of rotatable bonds is 7. The maximum absolute atomic E-state index is 13.0. The number of hydrazone groups is 1. The van der Waals surface area contributed by atoms with Gasteiger partial charge in [-0.3, -0.25) is 14.4 Å². The molecule has 0 aromatic rings. The van der Waals surface area contributed by atoms with E-state index in [0.717, 1.165) is 49.6 Å². The first-order chi connectivity index (χ1) is 14.5. The van der Waals surface area contributed by atoms with Crippen LogP contribution < -0.4 is 10.7 Å². The normalized spacial score (nSPS) is 25.9. The second kappa shape index (κ2) is 11.1. The Balaban J connectivity index is 1.66. The molecule has 3 aliphatic rings. The first-order valence-corrected chi connectivity index (χ1v) is 12.2. The molecule has 0 unspecified atom stereocenters. The van der Waals surface area contributed by atoms with Crippen molar-refractivity contribution in [2.75, 3.05) is 25.5 Å². The topological polar surface area (TPSA) is 100 Å². The summed E-state index contributed by atoms with van der Waals surface area (Å²) in [5, 5.41) is 7.84. The second-order valence-electron chi connectivity index (χ2n) is 8.42. The van der Waals surface area contributed by atoms with Gasteiger partial charge in [-0.15, -0.1) is 5.10 Å². The molecule has 1 aliphatic carbocycles. The Morgan fingerprint density at radius 1 is 1.17 bits per heavy atom. The monoisotopic (exact) mass is 438 g/mol. The average Bonchev–Trinajstić information content (AvgIpc) is 3.15. The van der Waals surface area contributed by atoms with Crippen LogP contribution in [0.3, 0.4) is 0 Å². The summed E-state index contributed by atoms with van der Waals surface area (Å²) < 4.78 is 5.41. The Kier molecular flexibility index (Phi) is 8.56. The lowest BCUT2D eigenvalue weighted by Crippen LogP contribution is -2.53. The van der Waals surface area contributed by atoms with Crippen LogP contribution in [0.15, 0.2) is 5.10 Å². The van der Waals surface area contributed by atoms with Gasteiger partial charge in [0.15, 0.2) is 5.17 Å². The van der Waals surface area contributed by atoms with Gasteiger partial charge < -0.3 is 15.0 Å². The zero-order chi connectivity index (χ0) is 21.5. The number of carbonyl (C=O) groups is 3. The summed E-state index contributed by atoms with van der Waals surface area (Å²) in [4.78, 5) is 40.6. The molecule has 168 valence electrons. The van der Waals surface area contributed by atoms with Crippen LogP contribution in [0.4, 0.5) is 0 Å². The highest BCUT2D eigenvalue weighted by atomic mass is 32.2. The highest BCUT2D eigenvalue weighted by molar-refractivity contribution is 8.14. The van der Waals surface area contributed by atoms with E-state index >= 15 is 0 Å². The first kappa shape index (κ1) is 23.1. The number of amidine groups is 1. The quantitative estimate of drug-likeness (QED) is 0.465. The molecular formula is C21H34N4O4S. The number of carbonyl (C=O) groups excluding carboxylic acids is 3.